The number of hydrogen-bond donors (Lipinski definition) is 3. The van der Waals surface area contributed by atoms with E-state index in [-0.39, 0.29) is 23.9 Å². The topological polar surface area (TPSA) is 92.3 Å². The highest BCUT2D eigenvalue weighted by molar-refractivity contribution is 7.14. The lowest BCUT2D eigenvalue weighted by atomic mass is 9.97. The molecule has 2 aliphatic carbocycles. The molecule has 0 bridgehead atoms. The summed E-state index contributed by atoms with van der Waals surface area (Å²) in [5, 5.41) is 10.1. The van der Waals surface area contributed by atoms with Crippen molar-refractivity contribution in [2.75, 3.05) is 19.0 Å². The van der Waals surface area contributed by atoms with Crippen molar-refractivity contribution in [1.29, 1.82) is 0 Å². The van der Waals surface area contributed by atoms with Crippen molar-refractivity contribution >= 4 is 40.4 Å². The minimum atomic E-state index is -0.491. The molecule has 184 valence electrons. The number of carbonyl (C=O) groups excluding carboxylic acids is 2. The van der Waals surface area contributed by atoms with Gasteiger partial charge in [0, 0.05) is 24.2 Å². The summed E-state index contributed by atoms with van der Waals surface area (Å²) < 4.78 is 5.42. The lowest BCUT2D eigenvalue weighted by Crippen LogP contribution is -2.48. The molecule has 2 aromatic heterocycles. The van der Waals surface area contributed by atoms with E-state index in [4.69, 9.17) is 16.3 Å². The van der Waals surface area contributed by atoms with Crippen LogP contribution in [0.25, 0.3) is 0 Å². The number of aryl methyl sites for hydroxylation is 1. The number of methoxy groups -OCH3 is 1. The summed E-state index contributed by atoms with van der Waals surface area (Å²) >= 11 is 7.52. The van der Waals surface area contributed by atoms with Gasteiger partial charge in [-0.25, -0.2) is 0 Å². The number of pyridine rings is 1. The Morgan fingerprint density at radius 3 is 2.71 bits per heavy atom. The van der Waals surface area contributed by atoms with Gasteiger partial charge in [0.05, 0.1) is 33.9 Å². The van der Waals surface area contributed by atoms with E-state index in [1.807, 2.05) is 25.1 Å². The van der Waals surface area contributed by atoms with Crippen LogP contribution in [0, 0.1) is 12.8 Å². The average Bonchev–Trinajstić information content (AvgIpc) is 3.26. The number of thiophene rings is 1. The maximum atomic E-state index is 13.1. The minimum Gasteiger partial charge on any atom is -0.382 e. The molecule has 0 saturated heterocycles. The second-order valence-electron chi connectivity index (χ2n) is 9.34. The number of anilines is 1. The van der Waals surface area contributed by atoms with Crippen LogP contribution in [0.4, 0.5) is 5.69 Å². The number of carbonyl (C=O) groups is 2. The fourth-order valence-electron chi connectivity index (χ4n) is 4.43. The fraction of sp³-hybridized carbons (Fsp3) is 0.560. The molecule has 0 aliphatic heterocycles. The summed E-state index contributed by atoms with van der Waals surface area (Å²) in [6.45, 7) is 2.33. The summed E-state index contributed by atoms with van der Waals surface area (Å²) in [4.78, 5) is 31.8. The van der Waals surface area contributed by atoms with Crippen molar-refractivity contribution in [2.24, 2.45) is 5.92 Å². The molecule has 0 unspecified atom stereocenters. The van der Waals surface area contributed by atoms with Gasteiger partial charge in [-0.15, -0.1) is 11.3 Å². The first-order chi connectivity index (χ1) is 16.4. The number of halogens is 1. The summed E-state index contributed by atoms with van der Waals surface area (Å²) in [6, 6.07) is 5.19. The molecule has 2 amide bonds. The normalized spacial score (nSPS) is 17.9. The van der Waals surface area contributed by atoms with Crippen LogP contribution in [0.5, 0.6) is 0 Å². The standard InChI is InChI=1S/C25H33ClN4O3S/c1-15-19(12-17(26)13-27-15)29-21(14-33-2)22-9-10-23(34-22)25(32)30-20(11-16-5-3-4-6-16)24(31)28-18-7-8-18/h9-10,12-13,16,18,20-21,29H,3-8,11,14H2,1-2H3,(H,28,31)(H,30,32)/t20-,21-/m0/s1. The number of amides is 2. The van der Waals surface area contributed by atoms with E-state index in [0.717, 1.165) is 41.9 Å². The van der Waals surface area contributed by atoms with Crippen LogP contribution in [-0.2, 0) is 9.53 Å². The first-order valence-corrected chi connectivity index (χ1v) is 13.2. The Morgan fingerprint density at radius 2 is 2.00 bits per heavy atom. The van der Waals surface area contributed by atoms with Crippen molar-refractivity contribution in [3.05, 3.63) is 44.9 Å². The van der Waals surface area contributed by atoms with Gasteiger partial charge in [0.15, 0.2) is 0 Å². The van der Waals surface area contributed by atoms with E-state index < -0.39 is 6.04 Å². The Labute approximate surface area is 210 Å². The van der Waals surface area contributed by atoms with Crippen molar-refractivity contribution in [1.82, 2.24) is 15.6 Å². The number of rotatable bonds is 11. The van der Waals surface area contributed by atoms with E-state index in [1.54, 1.807) is 13.3 Å². The molecule has 7 nitrogen and oxygen atoms in total. The van der Waals surface area contributed by atoms with Gasteiger partial charge in [0.2, 0.25) is 5.91 Å². The summed E-state index contributed by atoms with van der Waals surface area (Å²) in [7, 11) is 1.64. The van der Waals surface area contributed by atoms with Crippen molar-refractivity contribution in [3.8, 4) is 0 Å². The van der Waals surface area contributed by atoms with E-state index in [9.17, 15) is 9.59 Å². The third-order valence-electron chi connectivity index (χ3n) is 6.50. The van der Waals surface area contributed by atoms with Gasteiger partial charge in [-0.3, -0.25) is 14.6 Å². The second kappa shape index (κ2) is 11.5. The highest BCUT2D eigenvalue weighted by Crippen LogP contribution is 2.31. The molecule has 2 heterocycles. The van der Waals surface area contributed by atoms with Crippen molar-refractivity contribution in [2.45, 2.75) is 70.0 Å². The summed E-state index contributed by atoms with van der Waals surface area (Å²) in [6.07, 6.45) is 9.06. The van der Waals surface area contributed by atoms with Gasteiger partial charge in [-0.05, 0) is 50.3 Å². The van der Waals surface area contributed by atoms with E-state index in [2.05, 4.69) is 20.9 Å². The number of ether oxygens (including phenoxy) is 1. The quantitative estimate of drug-likeness (QED) is 0.406. The largest absolute Gasteiger partial charge is 0.382 e. The Kier molecular flexibility index (Phi) is 8.45. The molecule has 0 radical (unpaired) electrons. The molecule has 0 aromatic carbocycles. The molecule has 2 aliphatic rings. The molecule has 9 heteroatoms. The van der Waals surface area contributed by atoms with Gasteiger partial charge in [0.1, 0.15) is 6.04 Å². The van der Waals surface area contributed by atoms with Crippen LogP contribution >= 0.6 is 22.9 Å². The van der Waals surface area contributed by atoms with Gasteiger partial charge < -0.3 is 20.7 Å². The Bertz CT molecular complexity index is 1000. The van der Waals surface area contributed by atoms with Crippen LogP contribution in [0.1, 0.15) is 71.2 Å². The Balaban J connectivity index is 1.44. The molecule has 2 saturated carbocycles. The summed E-state index contributed by atoms with van der Waals surface area (Å²) in [5.41, 5.74) is 1.65. The fourth-order valence-corrected chi connectivity index (χ4v) is 5.54. The van der Waals surface area contributed by atoms with E-state index >= 15 is 0 Å². The number of nitrogens with zero attached hydrogens (tertiary/aromatic N) is 1. The Hall–Kier alpha value is -2.16. The molecule has 2 aromatic rings. The van der Waals surface area contributed by atoms with Gasteiger partial charge in [-0.1, -0.05) is 37.3 Å². The first-order valence-electron chi connectivity index (χ1n) is 12.0. The predicted molar refractivity (Wildman–Crippen MR) is 136 cm³/mol. The molecule has 0 spiro atoms. The SMILES string of the molecule is COC[C@H](Nc1cc(Cl)cnc1C)c1ccc(C(=O)N[C@@H](CC2CCCC2)C(=O)NC2CC2)s1. The minimum absolute atomic E-state index is 0.0533. The van der Waals surface area contributed by atoms with Gasteiger partial charge >= 0.3 is 0 Å². The number of hydrogen-bond acceptors (Lipinski definition) is 6. The zero-order valence-electron chi connectivity index (χ0n) is 19.7. The third-order valence-corrected chi connectivity index (χ3v) is 7.90. The highest BCUT2D eigenvalue weighted by atomic mass is 35.5. The third kappa shape index (κ3) is 6.71. The smallest absolute Gasteiger partial charge is 0.262 e. The zero-order chi connectivity index (χ0) is 24.1. The van der Waals surface area contributed by atoms with E-state index in [1.165, 1.54) is 24.2 Å². The molecule has 2 atom stereocenters. The second-order valence-corrected chi connectivity index (χ2v) is 10.9. The molecule has 34 heavy (non-hydrogen) atoms. The molecule has 3 N–H and O–H groups in total. The zero-order valence-corrected chi connectivity index (χ0v) is 21.3. The van der Waals surface area contributed by atoms with Crippen molar-refractivity contribution < 1.29 is 14.3 Å². The van der Waals surface area contributed by atoms with Crippen LogP contribution in [0.15, 0.2) is 24.4 Å². The Morgan fingerprint density at radius 1 is 1.24 bits per heavy atom. The molecular weight excluding hydrogens is 472 g/mol. The van der Waals surface area contributed by atoms with Crippen LogP contribution in [-0.4, -0.2) is 42.6 Å². The van der Waals surface area contributed by atoms with Crippen LogP contribution < -0.4 is 16.0 Å². The van der Waals surface area contributed by atoms with Crippen LogP contribution in [0.3, 0.4) is 0 Å². The lowest BCUT2D eigenvalue weighted by molar-refractivity contribution is -0.123. The number of nitrogens with one attached hydrogen (secondary N) is 3. The summed E-state index contributed by atoms with van der Waals surface area (Å²) in [5.74, 6) is 0.239. The predicted octanol–water partition coefficient (Wildman–Crippen LogP) is 4.86. The maximum Gasteiger partial charge on any atom is 0.262 e. The van der Waals surface area contributed by atoms with Crippen LogP contribution in [0.2, 0.25) is 5.02 Å². The molecule has 4 rings (SSSR count). The lowest BCUT2D eigenvalue weighted by Gasteiger charge is -2.21. The highest BCUT2D eigenvalue weighted by Gasteiger charge is 2.31. The van der Waals surface area contributed by atoms with Gasteiger partial charge in [0.25, 0.3) is 5.91 Å². The monoisotopic (exact) mass is 504 g/mol. The van der Waals surface area contributed by atoms with Crippen molar-refractivity contribution in [3.63, 3.8) is 0 Å². The molecule has 2 fully saturated rings. The molecular formula is C25H33ClN4O3S. The van der Waals surface area contributed by atoms with E-state index in [0.29, 0.717) is 28.8 Å². The maximum absolute atomic E-state index is 13.1. The first kappa shape index (κ1) is 24.9. The number of aromatic nitrogens is 1. The average molecular weight is 505 g/mol. The van der Waals surface area contributed by atoms with Gasteiger partial charge in [-0.2, -0.15) is 0 Å².